The van der Waals surface area contributed by atoms with E-state index in [1.807, 2.05) is 30.3 Å². The van der Waals surface area contributed by atoms with Crippen LogP contribution in [0.5, 0.6) is 0 Å². The third kappa shape index (κ3) is 3.29. The summed E-state index contributed by atoms with van der Waals surface area (Å²) in [6.45, 7) is 4.14. The van der Waals surface area contributed by atoms with Gasteiger partial charge in [-0.3, -0.25) is 24.3 Å². The number of amides is 2. The third-order valence-corrected chi connectivity index (χ3v) is 8.64. The first kappa shape index (κ1) is 25.3. The summed E-state index contributed by atoms with van der Waals surface area (Å²) in [7, 11) is 1.26. The molecule has 0 bridgehead atoms. The van der Waals surface area contributed by atoms with E-state index >= 15 is 0 Å². The minimum atomic E-state index is -1.23. The maximum absolute atomic E-state index is 14.6. The summed E-state index contributed by atoms with van der Waals surface area (Å²) in [5.41, 5.74) is 0.743. The van der Waals surface area contributed by atoms with Crippen molar-refractivity contribution in [3.63, 3.8) is 0 Å². The number of hydrogen-bond donors (Lipinski definition) is 1. The van der Waals surface area contributed by atoms with Crippen LogP contribution in [0.4, 0.5) is 5.69 Å². The second-order valence-corrected chi connectivity index (χ2v) is 11.3. The van der Waals surface area contributed by atoms with Gasteiger partial charge in [-0.15, -0.1) is 0 Å². The minimum absolute atomic E-state index is 0.131. The fourth-order valence-corrected chi connectivity index (χ4v) is 7.12. The lowest BCUT2D eigenvalue weighted by atomic mass is 9.75. The molecule has 2 amide bonds. The summed E-state index contributed by atoms with van der Waals surface area (Å²) < 4.78 is 6.55. The number of nitrogens with zero attached hydrogens (tertiary/aromatic N) is 3. The number of rotatable bonds is 4. The Labute approximate surface area is 235 Å². The van der Waals surface area contributed by atoms with Gasteiger partial charge < -0.3 is 4.74 Å². The molecule has 9 nitrogen and oxygen atoms in total. The highest BCUT2D eigenvalue weighted by atomic mass is 16.5. The number of imide groups is 1. The maximum atomic E-state index is 14.6. The van der Waals surface area contributed by atoms with Crippen molar-refractivity contribution in [3.05, 3.63) is 100 Å². The lowest BCUT2D eigenvalue weighted by Crippen LogP contribution is -2.50. The number of fused-ring (bicyclic) bond motifs is 8. The van der Waals surface area contributed by atoms with Crippen LogP contribution in [0.2, 0.25) is 0 Å². The zero-order valence-electron chi connectivity index (χ0n) is 22.8. The lowest BCUT2D eigenvalue weighted by molar-refractivity contribution is -0.123. The number of benzene rings is 3. The van der Waals surface area contributed by atoms with E-state index in [9.17, 15) is 19.2 Å². The van der Waals surface area contributed by atoms with E-state index < -0.39 is 29.3 Å². The van der Waals surface area contributed by atoms with Crippen molar-refractivity contribution in [3.8, 4) is 5.69 Å². The van der Waals surface area contributed by atoms with Gasteiger partial charge in [0.15, 0.2) is 0 Å². The standard InChI is InChI=1S/C32H28N4O5/c1-17(2)16-22-25-26(29(39)35(28(25)38)23-14-8-5-11-19(23)30(40)41-3)32(34-22)20-12-6-9-15-24(20)36-27(37)18-10-4-7-13-21(18)33-31(32)36/h4-15,17,22,25-26,34H,16H2,1-3H3/t22-,25+,26-,32-/m1/s1. The summed E-state index contributed by atoms with van der Waals surface area (Å²) in [4.78, 5) is 61.7. The van der Waals surface area contributed by atoms with E-state index in [1.165, 1.54) is 7.11 Å². The zero-order valence-corrected chi connectivity index (χ0v) is 22.8. The van der Waals surface area contributed by atoms with Crippen LogP contribution in [0.15, 0.2) is 77.6 Å². The number of esters is 1. The summed E-state index contributed by atoms with van der Waals surface area (Å²) in [5, 5.41) is 4.17. The van der Waals surface area contributed by atoms with Crippen molar-refractivity contribution in [1.29, 1.82) is 0 Å². The van der Waals surface area contributed by atoms with E-state index in [-0.39, 0.29) is 34.7 Å². The Hall–Kier alpha value is -4.63. The van der Waals surface area contributed by atoms with Gasteiger partial charge in [0.25, 0.3) is 5.56 Å². The number of carbonyl (C=O) groups is 3. The van der Waals surface area contributed by atoms with Crippen LogP contribution in [0.1, 0.15) is 42.0 Å². The average molecular weight is 549 g/mol. The summed E-state index contributed by atoms with van der Waals surface area (Å²) in [5.74, 6) is -2.49. The Bertz CT molecular complexity index is 1850. The molecule has 2 saturated heterocycles. The first-order chi connectivity index (χ1) is 19.8. The van der Waals surface area contributed by atoms with Crippen LogP contribution in [0, 0.1) is 17.8 Å². The number of para-hydroxylation sites is 3. The van der Waals surface area contributed by atoms with Gasteiger partial charge >= 0.3 is 5.97 Å². The maximum Gasteiger partial charge on any atom is 0.339 e. The molecular formula is C32H28N4O5. The predicted octanol–water partition coefficient (Wildman–Crippen LogP) is 3.55. The highest BCUT2D eigenvalue weighted by Crippen LogP contribution is 2.56. The van der Waals surface area contributed by atoms with Gasteiger partial charge in [0.1, 0.15) is 11.4 Å². The summed E-state index contributed by atoms with van der Waals surface area (Å²) >= 11 is 0. The second-order valence-electron chi connectivity index (χ2n) is 11.3. The number of methoxy groups -OCH3 is 1. The van der Waals surface area contributed by atoms with Gasteiger partial charge in [-0.25, -0.2) is 14.7 Å². The van der Waals surface area contributed by atoms with E-state index in [1.54, 1.807) is 47.0 Å². The Balaban J connectivity index is 1.51. The molecule has 2 fully saturated rings. The fraction of sp³-hybridized carbons (Fsp3) is 0.281. The Morgan fingerprint density at radius 2 is 1.63 bits per heavy atom. The molecule has 0 unspecified atom stereocenters. The third-order valence-electron chi connectivity index (χ3n) is 8.64. The molecule has 3 aromatic carbocycles. The van der Waals surface area contributed by atoms with E-state index in [0.29, 0.717) is 28.8 Å². The summed E-state index contributed by atoms with van der Waals surface area (Å²) in [6.07, 6.45) is 0.619. The first-order valence-corrected chi connectivity index (χ1v) is 13.7. The Morgan fingerprint density at radius 3 is 2.39 bits per heavy atom. The molecule has 7 rings (SSSR count). The number of nitrogens with one attached hydrogen (secondary N) is 1. The number of anilines is 1. The van der Waals surface area contributed by atoms with Crippen molar-refractivity contribution in [2.24, 2.45) is 17.8 Å². The number of hydrogen-bond acceptors (Lipinski definition) is 7. The van der Waals surface area contributed by atoms with Crippen LogP contribution in [-0.4, -0.2) is 40.5 Å². The van der Waals surface area contributed by atoms with Crippen LogP contribution >= 0.6 is 0 Å². The molecule has 41 heavy (non-hydrogen) atoms. The van der Waals surface area contributed by atoms with Crippen LogP contribution in [0.3, 0.4) is 0 Å². The second kappa shape index (κ2) is 8.94. The number of ether oxygens (including phenoxy) is 1. The van der Waals surface area contributed by atoms with Crippen molar-refractivity contribution >= 4 is 34.4 Å². The predicted molar refractivity (Wildman–Crippen MR) is 152 cm³/mol. The molecule has 4 atom stereocenters. The molecule has 4 aromatic rings. The Kier molecular flexibility index (Phi) is 5.53. The highest BCUT2D eigenvalue weighted by molar-refractivity contribution is 6.25. The van der Waals surface area contributed by atoms with Crippen molar-refractivity contribution in [1.82, 2.24) is 14.9 Å². The molecule has 0 saturated carbocycles. The molecule has 1 N–H and O–H groups in total. The molecule has 1 spiro atoms. The fourth-order valence-electron chi connectivity index (χ4n) is 7.12. The molecule has 3 aliphatic rings. The zero-order chi connectivity index (χ0) is 28.6. The van der Waals surface area contributed by atoms with Gasteiger partial charge in [0.05, 0.1) is 46.8 Å². The Morgan fingerprint density at radius 1 is 0.951 bits per heavy atom. The van der Waals surface area contributed by atoms with E-state index in [2.05, 4.69) is 19.2 Å². The summed E-state index contributed by atoms with van der Waals surface area (Å²) in [6, 6.07) is 20.7. The van der Waals surface area contributed by atoms with Gasteiger partial charge in [0.2, 0.25) is 11.8 Å². The molecule has 9 heteroatoms. The van der Waals surface area contributed by atoms with Gasteiger partial charge in [0, 0.05) is 11.6 Å². The largest absolute Gasteiger partial charge is 0.465 e. The van der Waals surface area contributed by atoms with Gasteiger partial charge in [-0.2, -0.15) is 0 Å². The molecule has 0 aliphatic carbocycles. The van der Waals surface area contributed by atoms with Gasteiger partial charge in [-0.05, 0) is 42.7 Å². The monoisotopic (exact) mass is 548 g/mol. The lowest BCUT2D eigenvalue weighted by Gasteiger charge is -2.32. The average Bonchev–Trinajstić information content (AvgIpc) is 3.55. The van der Waals surface area contributed by atoms with Crippen molar-refractivity contribution in [2.75, 3.05) is 12.0 Å². The molecule has 4 heterocycles. The van der Waals surface area contributed by atoms with Crippen molar-refractivity contribution in [2.45, 2.75) is 31.8 Å². The molecular weight excluding hydrogens is 520 g/mol. The quantitative estimate of drug-likeness (QED) is 0.307. The van der Waals surface area contributed by atoms with E-state index in [0.717, 1.165) is 10.5 Å². The van der Waals surface area contributed by atoms with Crippen LogP contribution < -0.4 is 15.8 Å². The number of aromatic nitrogens is 2. The smallest absolute Gasteiger partial charge is 0.339 e. The molecule has 206 valence electrons. The topological polar surface area (TPSA) is 111 Å². The highest BCUT2D eigenvalue weighted by Gasteiger charge is 2.69. The van der Waals surface area contributed by atoms with Crippen molar-refractivity contribution < 1.29 is 19.1 Å². The molecule has 0 radical (unpaired) electrons. The number of carbonyl (C=O) groups excluding carboxylic acids is 3. The van der Waals surface area contributed by atoms with Gasteiger partial charge in [-0.1, -0.05) is 56.3 Å². The molecule has 1 aromatic heterocycles. The van der Waals surface area contributed by atoms with E-state index in [4.69, 9.17) is 9.72 Å². The SMILES string of the molecule is COC(=O)c1ccccc1N1C(=O)[C@H]2[C@@H](CC(C)C)N[C@]3(c4ccccc4-n4c3nc3ccccc3c4=O)[C@H]2C1=O. The first-order valence-electron chi connectivity index (χ1n) is 13.7. The van der Waals surface area contributed by atoms with Crippen LogP contribution in [0.25, 0.3) is 16.6 Å². The minimum Gasteiger partial charge on any atom is -0.465 e. The normalized spacial score (nSPS) is 24.3. The molecule has 3 aliphatic heterocycles. The van der Waals surface area contributed by atoms with Crippen LogP contribution in [-0.2, 0) is 19.9 Å².